The van der Waals surface area contributed by atoms with E-state index in [0.29, 0.717) is 79.3 Å². The van der Waals surface area contributed by atoms with Gasteiger partial charge in [0.1, 0.15) is 24.7 Å². The predicted molar refractivity (Wildman–Crippen MR) is 103 cm³/mol. The minimum atomic E-state index is 0.493. The van der Waals surface area contributed by atoms with Crippen molar-refractivity contribution < 1.29 is 33.2 Å². The number of rotatable bonds is 19. The lowest BCUT2D eigenvalue weighted by Gasteiger charge is -2.10. The molecular weight excluding hydrogens is 352 g/mol. The fourth-order valence-corrected chi connectivity index (χ4v) is 2.02. The molecule has 0 aliphatic carbocycles. The molecule has 7 heteroatoms. The number of hydrogen-bond donors (Lipinski definition) is 0. The molecule has 0 saturated carbocycles. The Bertz CT molecular complexity index is 425. The van der Waals surface area contributed by atoms with E-state index in [9.17, 15) is 0 Å². The topological polar surface area (TPSA) is 64.6 Å². The Morgan fingerprint density at radius 2 is 0.741 bits per heavy atom. The molecule has 0 heterocycles. The second-order valence-electron chi connectivity index (χ2n) is 5.40. The van der Waals surface area contributed by atoms with E-state index < -0.39 is 0 Å². The molecule has 156 valence electrons. The van der Waals surface area contributed by atoms with Crippen LogP contribution in [0.5, 0.6) is 11.5 Å². The third kappa shape index (κ3) is 14.4. The van der Waals surface area contributed by atoms with Gasteiger partial charge in [-0.3, -0.25) is 0 Å². The fourth-order valence-electron chi connectivity index (χ4n) is 2.02. The third-order valence-electron chi connectivity index (χ3n) is 3.34. The average Bonchev–Trinajstić information content (AvgIpc) is 2.70. The molecule has 0 spiro atoms. The van der Waals surface area contributed by atoms with Crippen LogP contribution in [0.15, 0.2) is 24.3 Å². The average molecular weight is 386 g/mol. The largest absolute Gasteiger partial charge is 0.491 e. The highest BCUT2D eigenvalue weighted by Crippen LogP contribution is 2.17. The monoisotopic (exact) mass is 386 g/mol. The van der Waals surface area contributed by atoms with Gasteiger partial charge in [-0.2, -0.15) is 0 Å². The van der Waals surface area contributed by atoms with Crippen LogP contribution in [0.1, 0.15) is 13.8 Å². The van der Waals surface area contributed by atoms with Gasteiger partial charge < -0.3 is 33.2 Å². The number of benzene rings is 1. The summed E-state index contributed by atoms with van der Waals surface area (Å²) in [5, 5.41) is 0. The summed E-state index contributed by atoms with van der Waals surface area (Å²) in [6.07, 6.45) is 0. The fraction of sp³-hybridized carbons (Fsp3) is 0.700. The van der Waals surface area contributed by atoms with Crippen LogP contribution in [-0.2, 0) is 23.7 Å². The van der Waals surface area contributed by atoms with E-state index in [0.717, 1.165) is 11.5 Å². The van der Waals surface area contributed by atoms with Crippen LogP contribution in [0.3, 0.4) is 0 Å². The van der Waals surface area contributed by atoms with Gasteiger partial charge in [0.25, 0.3) is 0 Å². The maximum Gasteiger partial charge on any atom is 0.119 e. The molecule has 0 unspecified atom stereocenters. The summed E-state index contributed by atoms with van der Waals surface area (Å²) >= 11 is 0. The third-order valence-corrected chi connectivity index (χ3v) is 3.34. The van der Waals surface area contributed by atoms with Crippen molar-refractivity contribution in [3.63, 3.8) is 0 Å². The Kier molecular flexibility index (Phi) is 15.8. The van der Waals surface area contributed by atoms with Gasteiger partial charge in [-0.25, -0.2) is 0 Å². The van der Waals surface area contributed by atoms with Gasteiger partial charge in [-0.1, -0.05) is 0 Å². The van der Waals surface area contributed by atoms with Crippen molar-refractivity contribution in [1.29, 1.82) is 0 Å². The Morgan fingerprint density at radius 3 is 1.07 bits per heavy atom. The Labute approximate surface area is 162 Å². The van der Waals surface area contributed by atoms with Crippen molar-refractivity contribution in [2.45, 2.75) is 13.8 Å². The minimum absolute atomic E-state index is 0.493. The van der Waals surface area contributed by atoms with E-state index in [2.05, 4.69) is 0 Å². The Balaban J connectivity index is 1.95. The summed E-state index contributed by atoms with van der Waals surface area (Å²) in [6, 6.07) is 7.51. The lowest BCUT2D eigenvalue weighted by Crippen LogP contribution is -2.12. The molecule has 0 saturated heterocycles. The highest BCUT2D eigenvalue weighted by molar-refractivity contribution is 5.31. The molecule has 1 rings (SSSR count). The van der Waals surface area contributed by atoms with Crippen molar-refractivity contribution in [3.05, 3.63) is 24.3 Å². The van der Waals surface area contributed by atoms with Crippen LogP contribution in [0.2, 0.25) is 0 Å². The first kappa shape index (κ1) is 23.7. The molecule has 0 atom stereocenters. The maximum absolute atomic E-state index is 5.62. The molecule has 1 aromatic carbocycles. The van der Waals surface area contributed by atoms with E-state index in [1.54, 1.807) is 0 Å². The summed E-state index contributed by atoms with van der Waals surface area (Å²) < 4.78 is 37.8. The van der Waals surface area contributed by atoms with Gasteiger partial charge in [-0.15, -0.1) is 0 Å². The molecule has 0 N–H and O–H groups in total. The quantitative estimate of drug-likeness (QED) is 0.339. The summed E-state index contributed by atoms with van der Waals surface area (Å²) in [5.41, 5.74) is 0. The second kappa shape index (κ2) is 18.0. The van der Waals surface area contributed by atoms with Crippen LogP contribution in [-0.4, -0.2) is 79.3 Å². The molecule has 0 radical (unpaired) electrons. The van der Waals surface area contributed by atoms with Gasteiger partial charge in [0.15, 0.2) is 0 Å². The highest BCUT2D eigenvalue weighted by Gasteiger charge is 1.98. The van der Waals surface area contributed by atoms with Crippen molar-refractivity contribution in [3.8, 4) is 11.5 Å². The molecule has 7 nitrogen and oxygen atoms in total. The van der Waals surface area contributed by atoms with Gasteiger partial charge in [0.05, 0.1) is 52.9 Å². The van der Waals surface area contributed by atoms with E-state index in [4.69, 9.17) is 33.2 Å². The van der Waals surface area contributed by atoms with Crippen LogP contribution in [0.25, 0.3) is 0 Å². The van der Waals surface area contributed by atoms with Crippen molar-refractivity contribution in [1.82, 2.24) is 0 Å². The summed E-state index contributed by atoms with van der Waals surface area (Å²) in [4.78, 5) is 0. The first-order chi connectivity index (χ1) is 13.4. The maximum atomic E-state index is 5.62. The van der Waals surface area contributed by atoms with Crippen LogP contribution < -0.4 is 9.47 Å². The zero-order chi connectivity index (χ0) is 19.4. The zero-order valence-electron chi connectivity index (χ0n) is 16.7. The first-order valence-electron chi connectivity index (χ1n) is 9.61. The lowest BCUT2D eigenvalue weighted by atomic mass is 10.3. The normalized spacial score (nSPS) is 10.9. The Morgan fingerprint density at radius 1 is 0.444 bits per heavy atom. The number of hydrogen-bond acceptors (Lipinski definition) is 7. The van der Waals surface area contributed by atoms with Crippen molar-refractivity contribution >= 4 is 0 Å². The van der Waals surface area contributed by atoms with E-state index in [1.807, 2.05) is 38.1 Å². The molecule has 27 heavy (non-hydrogen) atoms. The molecule has 1 aromatic rings. The molecule has 0 amide bonds. The molecule has 0 aliphatic rings. The summed E-state index contributed by atoms with van der Waals surface area (Å²) in [6.45, 7) is 11.0. The SMILES string of the molecule is CCOCCOCCOCCOc1ccc(OCCOCCOCC)cc1. The van der Waals surface area contributed by atoms with Crippen LogP contribution >= 0.6 is 0 Å². The Hall–Kier alpha value is -1.38. The predicted octanol–water partition coefficient (Wildman–Crippen LogP) is 2.57. The standard InChI is InChI=1S/C20H34O7/c1-3-21-9-11-23-13-14-25-16-18-27-20-7-5-19(6-8-20)26-17-15-24-12-10-22-4-2/h5-8H,3-4,9-18H2,1-2H3. The van der Waals surface area contributed by atoms with Gasteiger partial charge in [-0.05, 0) is 38.1 Å². The molecule has 0 fully saturated rings. The van der Waals surface area contributed by atoms with Gasteiger partial charge in [0, 0.05) is 13.2 Å². The molecule has 0 aromatic heterocycles. The second-order valence-corrected chi connectivity index (χ2v) is 5.40. The van der Waals surface area contributed by atoms with Crippen molar-refractivity contribution in [2.24, 2.45) is 0 Å². The summed E-state index contributed by atoms with van der Waals surface area (Å²) in [7, 11) is 0. The van der Waals surface area contributed by atoms with Crippen LogP contribution in [0.4, 0.5) is 0 Å². The number of ether oxygens (including phenoxy) is 7. The van der Waals surface area contributed by atoms with Crippen LogP contribution in [0, 0.1) is 0 Å². The summed E-state index contributed by atoms with van der Waals surface area (Å²) in [5.74, 6) is 1.57. The van der Waals surface area contributed by atoms with Gasteiger partial charge >= 0.3 is 0 Å². The highest BCUT2D eigenvalue weighted by atomic mass is 16.6. The molecular formula is C20H34O7. The van der Waals surface area contributed by atoms with Crippen molar-refractivity contribution in [2.75, 3.05) is 79.3 Å². The first-order valence-corrected chi connectivity index (χ1v) is 9.61. The van der Waals surface area contributed by atoms with E-state index in [-0.39, 0.29) is 0 Å². The molecule has 0 aliphatic heterocycles. The van der Waals surface area contributed by atoms with Gasteiger partial charge in [0.2, 0.25) is 0 Å². The van der Waals surface area contributed by atoms with E-state index >= 15 is 0 Å². The lowest BCUT2D eigenvalue weighted by molar-refractivity contribution is 0.0114. The zero-order valence-corrected chi connectivity index (χ0v) is 16.7. The minimum Gasteiger partial charge on any atom is -0.491 e. The molecule has 0 bridgehead atoms. The smallest absolute Gasteiger partial charge is 0.119 e. The van der Waals surface area contributed by atoms with E-state index in [1.165, 1.54) is 0 Å².